The lowest BCUT2D eigenvalue weighted by molar-refractivity contribution is 0.0532. The molecular weight excluding hydrogens is 491 g/mol. The summed E-state index contributed by atoms with van der Waals surface area (Å²) >= 11 is 0. The molecule has 0 bridgehead atoms. The van der Waals surface area contributed by atoms with Crippen molar-refractivity contribution in [2.24, 2.45) is 10.9 Å². The molecule has 2 N–H and O–H groups in total. The molecule has 2 aliphatic rings. The molecule has 0 radical (unpaired) electrons. The van der Waals surface area contributed by atoms with Gasteiger partial charge < -0.3 is 25.0 Å². The van der Waals surface area contributed by atoms with E-state index in [1.54, 1.807) is 0 Å². The minimum absolute atomic E-state index is 0. The maximum absolute atomic E-state index is 6.02. The monoisotopic (exact) mass is 530 g/mol. The third-order valence-electron chi connectivity index (χ3n) is 5.60. The number of likely N-dealkylation sites (tertiary alicyclic amines) is 1. The topological polar surface area (TPSA) is 58.1 Å². The fourth-order valence-electron chi connectivity index (χ4n) is 3.57. The van der Waals surface area contributed by atoms with Gasteiger partial charge in [0.2, 0.25) is 0 Å². The van der Waals surface area contributed by atoms with Crippen molar-refractivity contribution in [3.63, 3.8) is 0 Å². The fraction of sp³-hybridized carbons (Fsp3) is 0.696. The molecule has 0 aromatic heterocycles. The van der Waals surface area contributed by atoms with Crippen molar-refractivity contribution in [1.82, 2.24) is 15.5 Å². The molecule has 0 unspecified atom stereocenters. The Kier molecular flexibility index (Phi) is 11.2. The molecule has 0 atom stereocenters. The normalized spacial score (nSPS) is 18.2. The van der Waals surface area contributed by atoms with E-state index in [1.807, 2.05) is 13.1 Å². The van der Waals surface area contributed by atoms with Crippen LogP contribution in [0.2, 0.25) is 0 Å². The van der Waals surface area contributed by atoms with Gasteiger partial charge in [-0.15, -0.1) is 24.0 Å². The largest absolute Gasteiger partial charge is 0.493 e. The molecule has 1 aromatic carbocycles. The molecule has 2 fully saturated rings. The number of halogens is 1. The Morgan fingerprint density at radius 2 is 1.90 bits per heavy atom. The summed E-state index contributed by atoms with van der Waals surface area (Å²) in [6.07, 6.45) is 5.18. The van der Waals surface area contributed by atoms with Crippen LogP contribution in [0.25, 0.3) is 0 Å². The first-order valence-electron chi connectivity index (χ1n) is 11.2. The molecule has 3 rings (SSSR count). The second kappa shape index (κ2) is 13.4. The zero-order valence-electron chi connectivity index (χ0n) is 18.7. The van der Waals surface area contributed by atoms with Crippen molar-refractivity contribution >= 4 is 29.9 Å². The van der Waals surface area contributed by atoms with Gasteiger partial charge in [0.05, 0.1) is 19.3 Å². The maximum Gasteiger partial charge on any atom is 0.191 e. The van der Waals surface area contributed by atoms with Crippen LogP contribution < -0.4 is 15.4 Å². The highest BCUT2D eigenvalue weighted by atomic mass is 127. The number of rotatable bonds is 10. The maximum atomic E-state index is 6.02. The highest BCUT2D eigenvalue weighted by molar-refractivity contribution is 14.0. The van der Waals surface area contributed by atoms with Crippen LogP contribution in [0, 0.1) is 5.92 Å². The van der Waals surface area contributed by atoms with Crippen LogP contribution in [0.15, 0.2) is 29.3 Å². The first kappa shape index (κ1) is 25.2. The molecule has 1 saturated carbocycles. The van der Waals surface area contributed by atoms with E-state index in [2.05, 4.69) is 52.6 Å². The number of nitrogens with zero attached hydrogens (tertiary/aromatic N) is 2. The molecule has 7 heteroatoms. The molecule has 1 heterocycles. The number of hydrogen-bond acceptors (Lipinski definition) is 4. The van der Waals surface area contributed by atoms with Crippen LogP contribution in [-0.4, -0.2) is 62.9 Å². The lowest BCUT2D eigenvalue weighted by atomic mass is 10.1. The number of hydrogen-bond donors (Lipinski definition) is 2. The Labute approximate surface area is 199 Å². The average molecular weight is 530 g/mol. The van der Waals surface area contributed by atoms with Crippen LogP contribution in [0.5, 0.6) is 5.75 Å². The van der Waals surface area contributed by atoms with Gasteiger partial charge in [-0.1, -0.05) is 18.2 Å². The van der Waals surface area contributed by atoms with Crippen molar-refractivity contribution in [1.29, 1.82) is 0 Å². The van der Waals surface area contributed by atoms with E-state index in [9.17, 15) is 0 Å². The summed E-state index contributed by atoms with van der Waals surface area (Å²) in [7, 11) is 1.84. The fourth-order valence-corrected chi connectivity index (χ4v) is 3.57. The van der Waals surface area contributed by atoms with Gasteiger partial charge in [-0.25, -0.2) is 0 Å². The minimum Gasteiger partial charge on any atom is -0.493 e. The standard InChI is InChI=1S/C23H38N4O2.HI/c1-18(2)28-15-14-27-12-10-21(11-13-27)26-23(24-3)25-16-20-6-4-5-7-22(20)29-17-19-8-9-19;/h4-7,18-19,21H,8-17H2,1-3H3,(H2,24,25,26);1H. The number of piperidine rings is 1. The van der Waals surface area contributed by atoms with E-state index in [0.717, 1.165) is 63.3 Å². The van der Waals surface area contributed by atoms with E-state index in [0.29, 0.717) is 18.7 Å². The number of aliphatic imine (C=N–C) groups is 1. The Morgan fingerprint density at radius 1 is 1.17 bits per heavy atom. The molecule has 170 valence electrons. The van der Waals surface area contributed by atoms with Crippen LogP contribution in [0.3, 0.4) is 0 Å². The quantitative estimate of drug-likeness (QED) is 0.275. The van der Waals surface area contributed by atoms with Gasteiger partial charge in [0.1, 0.15) is 5.75 Å². The molecule has 1 aliphatic heterocycles. The van der Waals surface area contributed by atoms with Gasteiger partial charge in [0, 0.05) is 44.8 Å². The number of nitrogens with one attached hydrogen (secondary N) is 2. The Morgan fingerprint density at radius 3 is 2.57 bits per heavy atom. The van der Waals surface area contributed by atoms with E-state index < -0.39 is 0 Å². The summed E-state index contributed by atoms with van der Waals surface area (Å²) in [6, 6.07) is 8.76. The predicted molar refractivity (Wildman–Crippen MR) is 134 cm³/mol. The van der Waals surface area contributed by atoms with Gasteiger partial charge in [-0.3, -0.25) is 4.99 Å². The first-order valence-corrected chi connectivity index (χ1v) is 11.2. The lowest BCUT2D eigenvalue weighted by Gasteiger charge is -2.33. The van der Waals surface area contributed by atoms with E-state index >= 15 is 0 Å². The zero-order chi connectivity index (χ0) is 20.5. The summed E-state index contributed by atoms with van der Waals surface area (Å²) in [4.78, 5) is 6.91. The van der Waals surface area contributed by atoms with Crippen molar-refractivity contribution in [2.75, 3.05) is 39.9 Å². The third kappa shape index (κ3) is 8.98. The molecule has 1 aromatic rings. The van der Waals surface area contributed by atoms with Crippen LogP contribution >= 0.6 is 24.0 Å². The second-order valence-electron chi connectivity index (χ2n) is 8.47. The minimum atomic E-state index is 0. The van der Waals surface area contributed by atoms with Crippen molar-refractivity contribution in [3.8, 4) is 5.75 Å². The van der Waals surface area contributed by atoms with Crippen molar-refractivity contribution < 1.29 is 9.47 Å². The highest BCUT2D eigenvalue weighted by Gasteiger charge is 2.22. The van der Waals surface area contributed by atoms with Gasteiger partial charge in [-0.2, -0.15) is 0 Å². The predicted octanol–water partition coefficient (Wildman–Crippen LogP) is 3.65. The molecule has 6 nitrogen and oxygen atoms in total. The summed E-state index contributed by atoms with van der Waals surface area (Å²) in [6.45, 7) is 9.79. The molecular formula is C23H39IN4O2. The molecule has 0 amide bonds. The smallest absolute Gasteiger partial charge is 0.191 e. The van der Waals surface area contributed by atoms with Crippen molar-refractivity contribution in [3.05, 3.63) is 29.8 Å². The van der Waals surface area contributed by atoms with E-state index in [1.165, 1.54) is 18.4 Å². The van der Waals surface area contributed by atoms with Crippen LogP contribution in [0.1, 0.15) is 45.1 Å². The molecule has 30 heavy (non-hydrogen) atoms. The molecule has 1 saturated heterocycles. The van der Waals surface area contributed by atoms with Crippen LogP contribution in [-0.2, 0) is 11.3 Å². The third-order valence-corrected chi connectivity index (χ3v) is 5.60. The van der Waals surface area contributed by atoms with E-state index in [-0.39, 0.29) is 24.0 Å². The summed E-state index contributed by atoms with van der Waals surface area (Å²) in [5.41, 5.74) is 1.18. The first-order chi connectivity index (χ1) is 14.1. The summed E-state index contributed by atoms with van der Waals surface area (Å²) in [5, 5.41) is 7.05. The van der Waals surface area contributed by atoms with Crippen LogP contribution in [0.4, 0.5) is 0 Å². The number of benzene rings is 1. The molecule has 0 spiro atoms. The Hall–Kier alpha value is -1.06. The van der Waals surface area contributed by atoms with Gasteiger partial charge >= 0.3 is 0 Å². The number of guanidine groups is 1. The SMILES string of the molecule is CN=C(NCc1ccccc1OCC1CC1)NC1CCN(CCOC(C)C)CC1.I. The van der Waals surface area contributed by atoms with Gasteiger partial charge in [0.25, 0.3) is 0 Å². The summed E-state index contributed by atoms with van der Waals surface area (Å²) in [5.74, 6) is 2.61. The number of ether oxygens (including phenoxy) is 2. The Balaban J connectivity index is 0.00000320. The Bertz CT molecular complexity index is 644. The molecule has 1 aliphatic carbocycles. The zero-order valence-corrected chi connectivity index (χ0v) is 21.1. The van der Waals surface area contributed by atoms with E-state index in [4.69, 9.17) is 9.47 Å². The number of para-hydroxylation sites is 1. The lowest BCUT2D eigenvalue weighted by Crippen LogP contribution is -2.49. The summed E-state index contributed by atoms with van der Waals surface area (Å²) < 4.78 is 11.7. The van der Waals surface area contributed by atoms with Crippen molar-refractivity contribution in [2.45, 2.75) is 58.2 Å². The van der Waals surface area contributed by atoms with Gasteiger partial charge in [0.15, 0.2) is 5.96 Å². The van der Waals surface area contributed by atoms with Gasteiger partial charge in [-0.05, 0) is 51.5 Å². The highest BCUT2D eigenvalue weighted by Crippen LogP contribution is 2.30. The average Bonchev–Trinajstić information content (AvgIpc) is 3.55. The second-order valence-corrected chi connectivity index (χ2v) is 8.47.